The topological polar surface area (TPSA) is 134 Å². The molecule has 1 amide bonds. The van der Waals surface area contributed by atoms with Crippen LogP contribution in [0.25, 0.3) is 0 Å². The van der Waals surface area contributed by atoms with Crippen LogP contribution in [0.15, 0.2) is 0 Å². The van der Waals surface area contributed by atoms with Crippen LogP contribution in [0.1, 0.15) is 78.1 Å². The van der Waals surface area contributed by atoms with Crippen LogP contribution in [0.4, 0.5) is 4.79 Å². The molecule has 11 heteroatoms. The Kier molecular flexibility index (Phi) is 16.7. The van der Waals surface area contributed by atoms with Gasteiger partial charge in [-0.2, -0.15) is 0 Å². The zero-order valence-corrected chi connectivity index (χ0v) is 22.1. The molecule has 9 nitrogen and oxygen atoms in total. The van der Waals surface area contributed by atoms with Crippen molar-refractivity contribution in [1.29, 1.82) is 0 Å². The second-order valence-electron chi connectivity index (χ2n) is 8.12. The van der Waals surface area contributed by atoms with Gasteiger partial charge in [-0.15, -0.1) is 0 Å². The minimum absolute atomic E-state index is 0. The molecule has 1 aliphatic rings. The van der Waals surface area contributed by atoms with E-state index in [1.54, 1.807) is 0 Å². The van der Waals surface area contributed by atoms with Crippen molar-refractivity contribution in [3.8, 4) is 0 Å². The molecular formula is C20H38NNaO8S. The average molecular weight is 476 g/mol. The summed E-state index contributed by atoms with van der Waals surface area (Å²) in [6.45, 7) is 4.02. The van der Waals surface area contributed by atoms with Gasteiger partial charge >= 0.3 is 35.7 Å². The fourth-order valence-corrected chi connectivity index (χ4v) is 3.96. The van der Waals surface area contributed by atoms with Gasteiger partial charge in [0.05, 0.1) is 28.6 Å². The number of ether oxygens (including phenoxy) is 3. The molecule has 0 aliphatic carbocycles. The first-order chi connectivity index (χ1) is 14.1. The summed E-state index contributed by atoms with van der Waals surface area (Å²) in [6, 6.07) is 0. The molecule has 178 valence electrons. The Morgan fingerprint density at radius 3 is 2.35 bits per heavy atom. The summed E-state index contributed by atoms with van der Waals surface area (Å²) >= 11 is 0. The third-order valence-corrected chi connectivity index (χ3v) is 5.80. The van der Waals surface area contributed by atoms with Gasteiger partial charge in [-0.3, -0.25) is 0 Å². The van der Waals surface area contributed by atoms with Crippen LogP contribution in [0.5, 0.6) is 0 Å². The molecule has 1 aliphatic heterocycles. The van der Waals surface area contributed by atoms with E-state index in [2.05, 4.69) is 12.2 Å². The van der Waals surface area contributed by atoms with Crippen molar-refractivity contribution in [3.05, 3.63) is 0 Å². The summed E-state index contributed by atoms with van der Waals surface area (Å²) in [7, 11) is -4.56. The molecule has 31 heavy (non-hydrogen) atoms. The van der Waals surface area contributed by atoms with Crippen LogP contribution < -0.4 is 34.9 Å². The third-order valence-electron chi connectivity index (χ3n) is 5.00. The molecular weight excluding hydrogens is 437 g/mol. The number of hydrogen-bond donors (Lipinski definition) is 2. The van der Waals surface area contributed by atoms with E-state index in [9.17, 15) is 22.9 Å². The van der Waals surface area contributed by atoms with E-state index in [4.69, 9.17) is 14.2 Å². The van der Waals surface area contributed by atoms with Crippen LogP contribution in [-0.2, 0) is 24.3 Å². The predicted molar refractivity (Wildman–Crippen MR) is 111 cm³/mol. The monoisotopic (exact) mass is 475 g/mol. The Morgan fingerprint density at radius 1 is 1.19 bits per heavy atom. The normalized spacial score (nSPS) is 22.0. The standard InChI is InChI=1S/C20H39NO8S.Na/c1-3-4-5-6-7-8-9-10-11-12-20(2)28-15-18(29-20)14-27-19(23)21-13-17(22)16-30(24,25)26;/h17-18,22H,3-16H2,1-2H3,(H,21,23)(H,24,25,26);/q;+1/p-1. The van der Waals surface area contributed by atoms with Crippen LogP contribution in [0.3, 0.4) is 0 Å². The van der Waals surface area contributed by atoms with Crippen molar-refractivity contribution in [1.82, 2.24) is 5.32 Å². The third kappa shape index (κ3) is 16.3. The van der Waals surface area contributed by atoms with Crippen LogP contribution in [0, 0.1) is 0 Å². The largest absolute Gasteiger partial charge is 1.00 e. The van der Waals surface area contributed by atoms with Gasteiger partial charge < -0.3 is 29.2 Å². The Balaban J connectivity index is 0.00000900. The number of carbonyl (C=O) groups is 1. The summed E-state index contributed by atoms with van der Waals surface area (Å²) in [6.07, 6.45) is 9.28. The number of hydrogen-bond acceptors (Lipinski definition) is 8. The van der Waals surface area contributed by atoms with Crippen LogP contribution >= 0.6 is 0 Å². The van der Waals surface area contributed by atoms with E-state index in [0.717, 1.165) is 19.3 Å². The van der Waals surface area contributed by atoms with Crippen molar-refractivity contribution in [2.75, 3.05) is 25.5 Å². The van der Waals surface area contributed by atoms with Gasteiger partial charge in [-0.1, -0.05) is 58.3 Å². The molecule has 2 N–H and O–H groups in total. The van der Waals surface area contributed by atoms with Gasteiger partial charge in [0.1, 0.15) is 12.7 Å². The SMILES string of the molecule is CCCCCCCCCCCC1(C)OCC(COC(=O)NCC(O)CS(=O)(=O)[O-])O1.[Na+]. The number of amides is 1. The van der Waals surface area contributed by atoms with E-state index in [0.29, 0.717) is 6.61 Å². The summed E-state index contributed by atoms with van der Waals surface area (Å²) in [5.74, 6) is -1.64. The van der Waals surface area contributed by atoms with Gasteiger partial charge in [-0.25, -0.2) is 13.2 Å². The number of nitrogens with one attached hydrogen (secondary N) is 1. The summed E-state index contributed by atoms with van der Waals surface area (Å²) in [5.41, 5.74) is 0. The summed E-state index contributed by atoms with van der Waals surface area (Å²) in [5, 5.41) is 11.6. The number of unbranched alkanes of at least 4 members (excludes halogenated alkanes) is 8. The quantitative estimate of drug-likeness (QED) is 0.176. The molecule has 0 radical (unpaired) electrons. The zero-order chi connectivity index (χ0) is 22.5. The van der Waals surface area contributed by atoms with Gasteiger partial charge in [0.2, 0.25) is 0 Å². The van der Waals surface area contributed by atoms with Crippen LogP contribution in [0.2, 0.25) is 0 Å². The smallest absolute Gasteiger partial charge is 0.748 e. The predicted octanol–water partition coefficient (Wildman–Crippen LogP) is -0.325. The van der Waals surface area contributed by atoms with E-state index in [-0.39, 0.29) is 42.3 Å². The average Bonchev–Trinajstić information content (AvgIpc) is 3.03. The van der Waals surface area contributed by atoms with E-state index in [1.165, 1.54) is 44.9 Å². The van der Waals surface area contributed by atoms with E-state index in [1.807, 2.05) is 6.92 Å². The molecule has 1 rings (SSSR count). The van der Waals surface area contributed by atoms with Gasteiger partial charge in [0.25, 0.3) is 0 Å². The number of aliphatic hydroxyl groups excluding tert-OH is 1. The molecule has 3 atom stereocenters. The molecule has 0 spiro atoms. The Morgan fingerprint density at radius 2 is 1.77 bits per heavy atom. The van der Waals surface area contributed by atoms with E-state index >= 15 is 0 Å². The number of aliphatic hydroxyl groups is 1. The molecule has 0 aromatic carbocycles. The minimum atomic E-state index is -4.56. The Hall–Kier alpha value is 0.0600. The summed E-state index contributed by atoms with van der Waals surface area (Å²) < 4.78 is 48.2. The minimum Gasteiger partial charge on any atom is -0.748 e. The van der Waals surface area contributed by atoms with Crippen molar-refractivity contribution in [2.24, 2.45) is 0 Å². The first-order valence-electron chi connectivity index (χ1n) is 11.0. The van der Waals surface area contributed by atoms with Gasteiger partial charge in [0.15, 0.2) is 5.79 Å². The second kappa shape index (κ2) is 16.6. The molecule has 1 heterocycles. The molecule has 3 unspecified atom stereocenters. The van der Waals surface area contributed by atoms with Gasteiger partial charge in [-0.05, 0) is 13.3 Å². The Labute approximate surface area is 209 Å². The molecule has 0 saturated carbocycles. The Bertz CT molecular complexity index is 592. The second-order valence-corrected chi connectivity index (χ2v) is 9.57. The van der Waals surface area contributed by atoms with Crippen molar-refractivity contribution < 1.29 is 66.6 Å². The number of alkyl carbamates (subject to hydrolysis) is 1. The first-order valence-corrected chi connectivity index (χ1v) is 12.6. The van der Waals surface area contributed by atoms with Gasteiger partial charge in [0, 0.05) is 13.0 Å². The molecule has 1 saturated heterocycles. The molecule has 1 fully saturated rings. The maximum atomic E-state index is 11.6. The maximum Gasteiger partial charge on any atom is 1.00 e. The fraction of sp³-hybridized carbons (Fsp3) is 0.950. The number of rotatable bonds is 16. The van der Waals surface area contributed by atoms with Crippen molar-refractivity contribution >= 4 is 16.2 Å². The molecule has 0 aromatic heterocycles. The fourth-order valence-electron chi connectivity index (χ4n) is 3.38. The van der Waals surface area contributed by atoms with E-state index < -0.39 is 40.4 Å². The van der Waals surface area contributed by atoms with Crippen LogP contribution in [-0.4, -0.2) is 67.7 Å². The number of carbonyl (C=O) groups excluding carboxylic acids is 1. The maximum absolute atomic E-state index is 11.6. The summed E-state index contributed by atoms with van der Waals surface area (Å²) in [4.78, 5) is 11.6. The molecule has 0 aromatic rings. The van der Waals surface area contributed by atoms with Crippen molar-refractivity contribution in [3.63, 3.8) is 0 Å². The van der Waals surface area contributed by atoms with Crippen molar-refractivity contribution in [2.45, 2.75) is 96.1 Å². The first kappa shape index (κ1) is 31.1. The zero-order valence-electron chi connectivity index (χ0n) is 19.3. The molecule has 0 bridgehead atoms.